The Kier molecular flexibility index (Phi) is 5.52. The molecule has 2 N–H and O–H groups in total. The smallest absolute Gasteiger partial charge is 0.0408 e. The molecule has 0 bridgehead atoms. The van der Waals surface area contributed by atoms with E-state index in [9.17, 15) is 0 Å². The zero-order valence-corrected chi connectivity index (χ0v) is 11.8. The minimum absolute atomic E-state index is 0.477. The van der Waals surface area contributed by atoms with Crippen LogP contribution in [0.2, 0.25) is 5.02 Å². The van der Waals surface area contributed by atoms with Crippen molar-refractivity contribution in [2.45, 2.75) is 50.9 Å². The topological polar surface area (TPSA) is 26.0 Å². The van der Waals surface area contributed by atoms with E-state index in [1.54, 1.807) is 0 Å². The monoisotopic (exact) mass is 265 g/mol. The van der Waals surface area contributed by atoms with E-state index >= 15 is 0 Å². The average Bonchev–Trinajstić information content (AvgIpc) is 2.41. The van der Waals surface area contributed by atoms with E-state index in [0.717, 1.165) is 17.5 Å². The van der Waals surface area contributed by atoms with Crippen LogP contribution in [0.4, 0.5) is 0 Å². The summed E-state index contributed by atoms with van der Waals surface area (Å²) in [5.74, 6) is 1.41. The summed E-state index contributed by atoms with van der Waals surface area (Å²) < 4.78 is 0. The molecule has 100 valence electrons. The molecule has 1 unspecified atom stereocenters. The number of hydrogen-bond acceptors (Lipinski definition) is 1. The highest BCUT2D eigenvalue weighted by Crippen LogP contribution is 2.31. The first kappa shape index (κ1) is 13.9. The molecule has 0 spiro atoms. The van der Waals surface area contributed by atoms with Gasteiger partial charge in [0.15, 0.2) is 0 Å². The first-order chi connectivity index (χ1) is 8.79. The molecule has 1 aromatic carbocycles. The van der Waals surface area contributed by atoms with Gasteiger partial charge >= 0.3 is 0 Å². The lowest BCUT2D eigenvalue weighted by Crippen LogP contribution is -2.15. The molecule has 0 aliphatic heterocycles. The predicted molar refractivity (Wildman–Crippen MR) is 79.1 cm³/mol. The highest BCUT2D eigenvalue weighted by molar-refractivity contribution is 6.30. The molecule has 1 saturated carbocycles. The van der Waals surface area contributed by atoms with E-state index in [1.807, 2.05) is 12.1 Å². The van der Waals surface area contributed by atoms with Crippen molar-refractivity contribution in [1.29, 1.82) is 0 Å². The molecule has 0 amide bonds. The predicted octanol–water partition coefficient (Wildman–Crippen LogP) is 4.74. The second-order valence-corrected chi connectivity index (χ2v) is 6.01. The van der Waals surface area contributed by atoms with Crippen molar-refractivity contribution in [3.05, 3.63) is 34.9 Å². The van der Waals surface area contributed by atoms with E-state index in [2.05, 4.69) is 12.1 Å². The van der Waals surface area contributed by atoms with Crippen LogP contribution in [0.3, 0.4) is 0 Å². The third kappa shape index (κ3) is 4.00. The van der Waals surface area contributed by atoms with Crippen LogP contribution in [0.1, 0.15) is 56.4 Å². The zero-order valence-electron chi connectivity index (χ0n) is 11.1. The fourth-order valence-corrected chi connectivity index (χ4v) is 3.29. The Morgan fingerprint density at radius 3 is 2.67 bits per heavy atom. The molecule has 0 aromatic heterocycles. The Bertz CT molecular complexity index is 358. The van der Waals surface area contributed by atoms with Gasteiger partial charge in [0, 0.05) is 5.02 Å². The van der Waals surface area contributed by atoms with Gasteiger partial charge in [-0.3, -0.25) is 0 Å². The summed E-state index contributed by atoms with van der Waals surface area (Å²) in [5, 5.41) is 0.823. The van der Waals surface area contributed by atoms with Crippen LogP contribution in [0.25, 0.3) is 0 Å². The number of nitrogens with two attached hydrogens (primary N) is 1. The van der Waals surface area contributed by atoms with Crippen molar-refractivity contribution in [3.63, 3.8) is 0 Å². The van der Waals surface area contributed by atoms with Crippen LogP contribution in [0.15, 0.2) is 24.3 Å². The van der Waals surface area contributed by atoms with Gasteiger partial charge in [-0.1, -0.05) is 55.8 Å². The van der Waals surface area contributed by atoms with Gasteiger partial charge in [0.25, 0.3) is 0 Å². The van der Waals surface area contributed by atoms with Crippen molar-refractivity contribution in [2.24, 2.45) is 11.7 Å². The molecule has 1 aliphatic rings. The number of benzene rings is 1. The van der Waals surface area contributed by atoms with E-state index in [0.29, 0.717) is 5.92 Å². The molecule has 1 nitrogen and oxygen atoms in total. The van der Waals surface area contributed by atoms with Crippen LogP contribution in [-0.2, 0) is 0 Å². The Morgan fingerprint density at radius 1 is 1.22 bits per heavy atom. The Hall–Kier alpha value is -0.530. The number of halogens is 1. The highest BCUT2D eigenvalue weighted by Gasteiger charge is 2.16. The van der Waals surface area contributed by atoms with Gasteiger partial charge in [-0.2, -0.15) is 0 Å². The van der Waals surface area contributed by atoms with E-state index < -0.39 is 0 Å². The maximum atomic E-state index is 6.05. The van der Waals surface area contributed by atoms with Gasteiger partial charge < -0.3 is 5.73 Å². The molecule has 2 rings (SSSR count). The second-order valence-electron chi connectivity index (χ2n) is 5.57. The third-order valence-electron chi connectivity index (χ3n) is 4.25. The van der Waals surface area contributed by atoms with Crippen LogP contribution in [0, 0.1) is 5.92 Å². The van der Waals surface area contributed by atoms with E-state index in [1.165, 1.54) is 50.5 Å². The SMILES string of the molecule is NCC(CCC1CCCCC1)c1cccc(Cl)c1. The van der Waals surface area contributed by atoms with E-state index in [-0.39, 0.29) is 0 Å². The maximum absolute atomic E-state index is 6.05. The molecule has 0 radical (unpaired) electrons. The van der Waals surface area contributed by atoms with Crippen molar-refractivity contribution in [3.8, 4) is 0 Å². The molecule has 1 atom stereocenters. The first-order valence-corrected chi connectivity index (χ1v) is 7.63. The normalized spacial score (nSPS) is 18.8. The van der Waals surface area contributed by atoms with Crippen molar-refractivity contribution < 1.29 is 0 Å². The average molecular weight is 266 g/mol. The van der Waals surface area contributed by atoms with Crippen molar-refractivity contribution in [1.82, 2.24) is 0 Å². The van der Waals surface area contributed by atoms with Gasteiger partial charge in [-0.05, 0) is 48.9 Å². The maximum Gasteiger partial charge on any atom is 0.0408 e. The highest BCUT2D eigenvalue weighted by atomic mass is 35.5. The van der Waals surface area contributed by atoms with Gasteiger partial charge in [0.2, 0.25) is 0 Å². The number of rotatable bonds is 5. The molecule has 1 aromatic rings. The summed E-state index contributed by atoms with van der Waals surface area (Å²) in [4.78, 5) is 0. The summed E-state index contributed by atoms with van der Waals surface area (Å²) >= 11 is 6.05. The quantitative estimate of drug-likeness (QED) is 0.817. The first-order valence-electron chi connectivity index (χ1n) is 7.25. The van der Waals surface area contributed by atoms with Gasteiger partial charge in [0.1, 0.15) is 0 Å². The summed E-state index contributed by atoms with van der Waals surface area (Å²) in [6.45, 7) is 0.729. The summed E-state index contributed by atoms with van der Waals surface area (Å²) in [6, 6.07) is 8.19. The lowest BCUT2D eigenvalue weighted by atomic mass is 9.83. The molecule has 1 aliphatic carbocycles. The molecule has 1 fully saturated rings. The van der Waals surface area contributed by atoms with Crippen LogP contribution in [0.5, 0.6) is 0 Å². The van der Waals surface area contributed by atoms with Crippen molar-refractivity contribution >= 4 is 11.6 Å². The van der Waals surface area contributed by atoms with E-state index in [4.69, 9.17) is 17.3 Å². The minimum atomic E-state index is 0.477. The molecular formula is C16H24ClN. The fraction of sp³-hybridized carbons (Fsp3) is 0.625. The molecule has 2 heteroatoms. The lowest BCUT2D eigenvalue weighted by Gasteiger charge is -2.24. The van der Waals surface area contributed by atoms with Crippen LogP contribution < -0.4 is 5.73 Å². The Morgan fingerprint density at radius 2 is 2.00 bits per heavy atom. The largest absolute Gasteiger partial charge is 0.330 e. The molecule has 0 heterocycles. The lowest BCUT2D eigenvalue weighted by molar-refractivity contribution is 0.324. The summed E-state index contributed by atoms with van der Waals surface area (Å²) in [5.41, 5.74) is 7.23. The van der Waals surface area contributed by atoms with Gasteiger partial charge in [0.05, 0.1) is 0 Å². The second kappa shape index (κ2) is 7.16. The fourth-order valence-electron chi connectivity index (χ4n) is 3.09. The number of hydrogen-bond donors (Lipinski definition) is 1. The third-order valence-corrected chi connectivity index (χ3v) is 4.49. The molecular weight excluding hydrogens is 242 g/mol. The molecule has 18 heavy (non-hydrogen) atoms. The minimum Gasteiger partial charge on any atom is -0.330 e. The van der Waals surface area contributed by atoms with Crippen LogP contribution in [-0.4, -0.2) is 6.54 Å². The van der Waals surface area contributed by atoms with Crippen molar-refractivity contribution in [2.75, 3.05) is 6.54 Å². The van der Waals surface area contributed by atoms with Crippen LogP contribution >= 0.6 is 11.6 Å². The van der Waals surface area contributed by atoms with Gasteiger partial charge in [-0.25, -0.2) is 0 Å². The molecule has 0 saturated heterocycles. The Balaban J connectivity index is 1.88. The summed E-state index contributed by atoms with van der Waals surface area (Å²) in [7, 11) is 0. The Labute approximate surface area is 116 Å². The zero-order chi connectivity index (χ0) is 12.8. The van der Waals surface area contributed by atoms with Gasteiger partial charge in [-0.15, -0.1) is 0 Å². The standard InChI is InChI=1S/C16H24ClN/c17-16-8-4-7-14(11-16)15(12-18)10-9-13-5-2-1-3-6-13/h4,7-8,11,13,15H,1-3,5-6,9-10,12,18H2. The summed E-state index contributed by atoms with van der Waals surface area (Å²) in [6.07, 6.45) is 9.67.